The van der Waals surface area contributed by atoms with Crippen molar-refractivity contribution < 1.29 is 23.8 Å². The number of carbonyl (C=O) groups is 2. The predicted octanol–water partition coefficient (Wildman–Crippen LogP) is 3.18. The Balaban J connectivity index is 1.66. The minimum atomic E-state index is -1.19. The van der Waals surface area contributed by atoms with Crippen LogP contribution in [0.25, 0.3) is 0 Å². The Labute approximate surface area is 167 Å². The number of benzene rings is 2. The third-order valence-corrected chi connectivity index (χ3v) is 5.22. The smallest absolute Gasteiger partial charge is 0.325 e. The van der Waals surface area contributed by atoms with E-state index in [0.717, 1.165) is 5.56 Å². The fourth-order valence-corrected chi connectivity index (χ4v) is 3.78. The molecule has 28 heavy (non-hydrogen) atoms. The molecule has 0 unspecified atom stereocenters. The molecule has 7 nitrogen and oxygen atoms in total. The average Bonchev–Trinajstić information content (AvgIpc) is 2.92. The molecule has 0 spiro atoms. The fraction of sp³-hybridized carbons (Fsp3) is 0.300. The standard InChI is InChI=1S/C20H19ClN2O5/c1-20(14-4-3-5-16(8-14)26-2)18(24)23(19(25)22-20)9-12-6-15(21)7-13-10-27-11-28-17(12)13/h3-8H,9-11H2,1-2H3,(H,22,25)/t20-/m1/s1. The number of urea groups is 1. The molecular formula is C20H19ClN2O5. The quantitative estimate of drug-likeness (QED) is 0.795. The van der Waals surface area contributed by atoms with E-state index in [1.165, 1.54) is 4.90 Å². The predicted molar refractivity (Wildman–Crippen MR) is 101 cm³/mol. The van der Waals surface area contributed by atoms with E-state index < -0.39 is 11.6 Å². The minimum Gasteiger partial charge on any atom is -0.497 e. The summed E-state index contributed by atoms with van der Waals surface area (Å²) in [7, 11) is 1.55. The summed E-state index contributed by atoms with van der Waals surface area (Å²) >= 11 is 6.20. The van der Waals surface area contributed by atoms with Crippen LogP contribution in [0.1, 0.15) is 23.6 Å². The summed E-state index contributed by atoms with van der Waals surface area (Å²) in [6, 6.07) is 10.1. The van der Waals surface area contributed by atoms with E-state index in [1.54, 1.807) is 50.4 Å². The number of halogens is 1. The van der Waals surface area contributed by atoms with Crippen LogP contribution in [0, 0.1) is 0 Å². The molecule has 3 amide bonds. The fourth-order valence-electron chi connectivity index (χ4n) is 3.51. The second-order valence-electron chi connectivity index (χ2n) is 6.84. The van der Waals surface area contributed by atoms with E-state index in [-0.39, 0.29) is 19.2 Å². The number of rotatable bonds is 4. The Morgan fingerprint density at radius 1 is 1.29 bits per heavy atom. The maximum atomic E-state index is 13.2. The molecule has 4 rings (SSSR count). The molecule has 0 saturated carbocycles. The normalized spacial score (nSPS) is 21.2. The first kappa shape index (κ1) is 18.6. The molecular weight excluding hydrogens is 384 g/mol. The SMILES string of the molecule is COc1cccc([C@@]2(C)NC(=O)N(Cc3cc(Cl)cc4c3OCOC4)C2=O)c1. The van der Waals surface area contributed by atoms with Crippen LogP contribution in [0.5, 0.6) is 11.5 Å². The number of amides is 3. The Morgan fingerprint density at radius 3 is 2.89 bits per heavy atom. The van der Waals surface area contributed by atoms with Gasteiger partial charge >= 0.3 is 6.03 Å². The molecule has 1 saturated heterocycles. The van der Waals surface area contributed by atoms with Gasteiger partial charge in [-0.25, -0.2) is 4.79 Å². The van der Waals surface area contributed by atoms with Crippen molar-refractivity contribution in [2.45, 2.75) is 25.6 Å². The molecule has 8 heteroatoms. The highest BCUT2D eigenvalue weighted by atomic mass is 35.5. The zero-order valence-corrected chi connectivity index (χ0v) is 16.2. The Bertz CT molecular complexity index is 964. The van der Waals surface area contributed by atoms with Crippen LogP contribution < -0.4 is 14.8 Å². The first-order valence-electron chi connectivity index (χ1n) is 8.73. The van der Waals surface area contributed by atoms with Gasteiger partial charge in [0.15, 0.2) is 6.79 Å². The zero-order valence-electron chi connectivity index (χ0n) is 15.5. The van der Waals surface area contributed by atoms with Crippen molar-refractivity contribution in [3.63, 3.8) is 0 Å². The first-order chi connectivity index (χ1) is 13.4. The van der Waals surface area contributed by atoms with E-state index in [9.17, 15) is 9.59 Å². The van der Waals surface area contributed by atoms with E-state index in [2.05, 4.69) is 5.32 Å². The molecule has 1 fully saturated rings. The summed E-state index contributed by atoms with van der Waals surface area (Å²) in [4.78, 5) is 27.0. The first-order valence-corrected chi connectivity index (χ1v) is 9.10. The number of imide groups is 1. The van der Waals surface area contributed by atoms with E-state index in [0.29, 0.717) is 34.3 Å². The molecule has 2 aliphatic rings. The number of fused-ring (bicyclic) bond motifs is 1. The molecule has 1 atom stereocenters. The number of hydrogen-bond acceptors (Lipinski definition) is 5. The monoisotopic (exact) mass is 402 g/mol. The number of methoxy groups -OCH3 is 1. The topological polar surface area (TPSA) is 77.1 Å². The van der Waals surface area contributed by atoms with Crippen molar-refractivity contribution in [3.8, 4) is 11.5 Å². The van der Waals surface area contributed by atoms with Crippen molar-refractivity contribution >= 4 is 23.5 Å². The zero-order chi connectivity index (χ0) is 19.9. The van der Waals surface area contributed by atoms with E-state index in [1.807, 2.05) is 0 Å². The minimum absolute atomic E-state index is 0.0487. The summed E-state index contributed by atoms with van der Waals surface area (Å²) in [5.41, 5.74) is 0.903. The number of carbonyl (C=O) groups excluding carboxylic acids is 2. The lowest BCUT2D eigenvalue weighted by Gasteiger charge is -2.24. The Kier molecular flexibility index (Phi) is 4.64. The molecule has 1 N–H and O–H groups in total. The van der Waals surface area contributed by atoms with Gasteiger partial charge in [0.2, 0.25) is 0 Å². The highest BCUT2D eigenvalue weighted by molar-refractivity contribution is 6.30. The van der Waals surface area contributed by atoms with Crippen LogP contribution in [-0.4, -0.2) is 30.7 Å². The number of nitrogens with zero attached hydrogens (tertiary/aromatic N) is 1. The van der Waals surface area contributed by atoms with Crippen molar-refractivity contribution in [1.29, 1.82) is 0 Å². The summed E-state index contributed by atoms with van der Waals surface area (Å²) < 4.78 is 16.1. The van der Waals surface area contributed by atoms with Crippen molar-refractivity contribution in [2.75, 3.05) is 13.9 Å². The van der Waals surface area contributed by atoms with Gasteiger partial charge in [-0.2, -0.15) is 0 Å². The van der Waals surface area contributed by atoms with Crippen LogP contribution >= 0.6 is 11.6 Å². The van der Waals surface area contributed by atoms with Gasteiger partial charge in [0.1, 0.15) is 17.0 Å². The molecule has 0 aliphatic carbocycles. The van der Waals surface area contributed by atoms with Crippen LogP contribution in [-0.2, 0) is 28.2 Å². The van der Waals surface area contributed by atoms with E-state index >= 15 is 0 Å². The van der Waals surface area contributed by atoms with E-state index in [4.69, 9.17) is 25.8 Å². The highest BCUT2D eigenvalue weighted by Crippen LogP contribution is 2.36. The van der Waals surface area contributed by atoms with Gasteiger partial charge in [0.05, 0.1) is 20.3 Å². The summed E-state index contributed by atoms with van der Waals surface area (Å²) in [5.74, 6) is 0.856. The molecule has 2 aromatic rings. The highest BCUT2D eigenvalue weighted by Gasteiger charge is 2.49. The van der Waals surface area contributed by atoms with Gasteiger partial charge in [-0.15, -0.1) is 0 Å². The van der Waals surface area contributed by atoms with Crippen LogP contribution in [0.4, 0.5) is 4.79 Å². The van der Waals surface area contributed by atoms with Gasteiger partial charge < -0.3 is 19.5 Å². The molecule has 0 aromatic heterocycles. The van der Waals surface area contributed by atoms with Crippen LogP contribution in [0.3, 0.4) is 0 Å². The largest absolute Gasteiger partial charge is 0.497 e. The maximum Gasteiger partial charge on any atom is 0.325 e. The molecule has 146 valence electrons. The van der Waals surface area contributed by atoms with Gasteiger partial charge in [0.25, 0.3) is 5.91 Å². The lowest BCUT2D eigenvalue weighted by atomic mass is 9.92. The average molecular weight is 403 g/mol. The number of hydrogen-bond donors (Lipinski definition) is 1. The van der Waals surface area contributed by atoms with Crippen molar-refractivity contribution in [2.24, 2.45) is 0 Å². The molecule has 2 heterocycles. The molecule has 2 aliphatic heterocycles. The second-order valence-corrected chi connectivity index (χ2v) is 7.28. The second kappa shape index (κ2) is 7.00. The molecule has 0 radical (unpaired) electrons. The summed E-state index contributed by atoms with van der Waals surface area (Å²) in [5, 5.41) is 3.29. The van der Waals surface area contributed by atoms with Crippen LogP contribution in [0.15, 0.2) is 36.4 Å². The summed E-state index contributed by atoms with van der Waals surface area (Å²) in [6.45, 7) is 2.21. The van der Waals surface area contributed by atoms with Crippen molar-refractivity contribution in [3.05, 3.63) is 58.1 Å². The van der Waals surface area contributed by atoms with Gasteiger partial charge in [-0.3, -0.25) is 9.69 Å². The lowest BCUT2D eigenvalue weighted by molar-refractivity contribution is -0.131. The van der Waals surface area contributed by atoms with Gasteiger partial charge in [0, 0.05) is 16.1 Å². The number of ether oxygens (including phenoxy) is 3. The summed E-state index contributed by atoms with van der Waals surface area (Å²) in [6.07, 6.45) is 0. The lowest BCUT2D eigenvalue weighted by Crippen LogP contribution is -2.40. The van der Waals surface area contributed by atoms with Crippen molar-refractivity contribution in [1.82, 2.24) is 10.2 Å². The van der Waals surface area contributed by atoms with Crippen LogP contribution in [0.2, 0.25) is 5.02 Å². The maximum absolute atomic E-state index is 13.2. The third kappa shape index (κ3) is 3.06. The molecule has 2 aromatic carbocycles. The third-order valence-electron chi connectivity index (χ3n) is 5.00. The molecule has 0 bridgehead atoms. The Hall–Kier alpha value is -2.77. The number of nitrogens with one attached hydrogen (secondary N) is 1. The van der Waals surface area contributed by atoms with Gasteiger partial charge in [-0.1, -0.05) is 23.7 Å². The Morgan fingerprint density at radius 2 is 2.11 bits per heavy atom. The van der Waals surface area contributed by atoms with Gasteiger partial charge in [-0.05, 0) is 36.8 Å².